The molecular formula is C13H26N2O2S. The van der Waals surface area contributed by atoms with E-state index in [0.29, 0.717) is 18.3 Å². The zero-order valence-electron chi connectivity index (χ0n) is 11.4. The van der Waals surface area contributed by atoms with E-state index >= 15 is 0 Å². The molecule has 2 N–H and O–H groups in total. The second kappa shape index (κ2) is 5.47. The molecule has 0 aromatic heterocycles. The van der Waals surface area contributed by atoms with Crippen molar-refractivity contribution in [2.24, 2.45) is 5.73 Å². The van der Waals surface area contributed by atoms with Crippen LogP contribution in [0.4, 0.5) is 0 Å². The highest BCUT2D eigenvalue weighted by molar-refractivity contribution is 7.91. The zero-order chi connectivity index (χ0) is 13.2. The summed E-state index contributed by atoms with van der Waals surface area (Å²) in [6.45, 7) is 3.70. The number of likely N-dealkylation sites (tertiary alicyclic amines) is 1. The number of hydrogen-bond donors (Lipinski definition) is 1. The van der Waals surface area contributed by atoms with Crippen LogP contribution in [0.5, 0.6) is 0 Å². The summed E-state index contributed by atoms with van der Waals surface area (Å²) in [6, 6.07) is 0.518. The van der Waals surface area contributed by atoms with Crippen molar-refractivity contribution >= 4 is 9.84 Å². The van der Waals surface area contributed by atoms with E-state index in [1.165, 1.54) is 25.7 Å². The fourth-order valence-corrected chi connectivity index (χ4v) is 5.71. The van der Waals surface area contributed by atoms with Crippen molar-refractivity contribution in [3.8, 4) is 0 Å². The first-order valence-corrected chi connectivity index (χ1v) is 9.02. The Hall–Kier alpha value is -0.130. The largest absolute Gasteiger partial charge is 0.329 e. The fraction of sp³-hybridized carbons (Fsp3) is 1.00. The predicted octanol–water partition coefficient (Wildman–Crippen LogP) is 1.16. The molecule has 2 heterocycles. The van der Waals surface area contributed by atoms with E-state index in [1.54, 1.807) is 0 Å². The molecule has 0 bridgehead atoms. The molecule has 0 spiro atoms. The van der Waals surface area contributed by atoms with Gasteiger partial charge in [0.1, 0.15) is 0 Å². The Morgan fingerprint density at radius 3 is 2.67 bits per heavy atom. The van der Waals surface area contributed by atoms with Crippen molar-refractivity contribution in [1.82, 2.24) is 4.90 Å². The van der Waals surface area contributed by atoms with E-state index in [-0.39, 0.29) is 11.3 Å². The summed E-state index contributed by atoms with van der Waals surface area (Å²) >= 11 is 0. The highest BCUT2D eigenvalue weighted by Gasteiger charge is 2.47. The molecule has 2 aliphatic heterocycles. The lowest BCUT2D eigenvalue weighted by Crippen LogP contribution is -2.58. The predicted molar refractivity (Wildman–Crippen MR) is 74.3 cm³/mol. The summed E-state index contributed by atoms with van der Waals surface area (Å²) < 4.78 is 23.7. The molecule has 4 nitrogen and oxygen atoms in total. The van der Waals surface area contributed by atoms with Gasteiger partial charge in [-0.05, 0) is 32.2 Å². The smallest absolute Gasteiger partial charge is 0.152 e. The van der Waals surface area contributed by atoms with Gasteiger partial charge in [-0.3, -0.25) is 4.90 Å². The lowest BCUT2D eigenvalue weighted by Gasteiger charge is -2.44. The van der Waals surface area contributed by atoms with Crippen LogP contribution >= 0.6 is 0 Å². The van der Waals surface area contributed by atoms with Gasteiger partial charge in [-0.25, -0.2) is 8.42 Å². The number of nitrogens with zero attached hydrogens (tertiary/aromatic N) is 1. The number of rotatable bonds is 3. The zero-order valence-corrected chi connectivity index (χ0v) is 12.2. The molecule has 5 heteroatoms. The lowest BCUT2D eigenvalue weighted by molar-refractivity contribution is 0.0660. The van der Waals surface area contributed by atoms with E-state index in [1.807, 2.05) is 0 Å². The number of nitrogens with two attached hydrogens (primary N) is 1. The molecule has 2 atom stereocenters. The second-order valence-electron chi connectivity index (χ2n) is 5.88. The van der Waals surface area contributed by atoms with Gasteiger partial charge in [0, 0.05) is 18.1 Å². The van der Waals surface area contributed by atoms with Crippen molar-refractivity contribution in [2.45, 2.75) is 57.0 Å². The fourth-order valence-electron chi connectivity index (χ4n) is 3.63. The first kappa shape index (κ1) is 14.3. The normalized spacial score (nSPS) is 37.6. The Kier molecular flexibility index (Phi) is 4.34. The van der Waals surface area contributed by atoms with Crippen molar-refractivity contribution in [2.75, 3.05) is 24.6 Å². The highest BCUT2D eigenvalue weighted by Crippen LogP contribution is 2.34. The van der Waals surface area contributed by atoms with Gasteiger partial charge in [-0.2, -0.15) is 0 Å². The van der Waals surface area contributed by atoms with Crippen LogP contribution < -0.4 is 5.73 Å². The van der Waals surface area contributed by atoms with Crippen molar-refractivity contribution in [3.05, 3.63) is 0 Å². The maximum atomic E-state index is 11.8. The SMILES string of the molecule is CCC1CCCCCN1C1(CN)CCS(=O)(=O)C1. The molecule has 0 aliphatic carbocycles. The molecule has 2 rings (SSSR count). The minimum absolute atomic E-state index is 0.271. The van der Waals surface area contributed by atoms with Gasteiger partial charge in [0.25, 0.3) is 0 Å². The molecule has 0 aromatic rings. The second-order valence-corrected chi connectivity index (χ2v) is 8.06. The summed E-state index contributed by atoms with van der Waals surface area (Å²) in [4.78, 5) is 2.45. The molecule has 2 unspecified atom stereocenters. The third-order valence-electron chi connectivity index (χ3n) is 4.70. The first-order valence-electron chi connectivity index (χ1n) is 7.20. The standard InChI is InChI=1S/C13H26N2O2S/c1-2-12-6-4-3-5-8-15(12)13(10-14)7-9-18(16,17)11-13/h12H,2-11,14H2,1H3. The quantitative estimate of drug-likeness (QED) is 0.839. The van der Waals surface area contributed by atoms with Gasteiger partial charge in [0.05, 0.1) is 11.5 Å². The minimum atomic E-state index is -2.88. The van der Waals surface area contributed by atoms with Crippen LogP contribution in [-0.4, -0.2) is 49.5 Å². The Morgan fingerprint density at radius 2 is 2.11 bits per heavy atom. The van der Waals surface area contributed by atoms with Crippen molar-refractivity contribution in [1.29, 1.82) is 0 Å². The Labute approximate surface area is 111 Å². The number of hydrogen-bond acceptors (Lipinski definition) is 4. The van der Waals surface area contributed by atoms with Crippen molar-refractivity contribution < 1.29 is 8.42 Å². The third-order valence-corrected chi connectivity index (χ3v) is 6.51. The van der Waals surface area contributed by atoms with Gasteiger partial charge in [-0.15, -0.1) is 0 Å². The number of sulfone groups is 1. The lowest BCUT2D eigenvalue weighted by atomic mass is 9.93. The van der Waals surface area contributed by atoms with Gasteiger partial charge in [0.15, 0.2) is 9.84 Å². The molecule has 0 saturated carbocycles. The van der Waals surface area contributed by atoms with E-state index in [2.05, 4.69) is 11.8 Å². The maximum Gasteiger partial charge on any atom is 0.152 e. The topological polar surface area (TPSA) is 63.4 Å². The van der Waals surface area contributed by atoms with E-state index in [0.717, 1.165) is 19.4 Å². The molecular weight excluding hydrogens is 248 g/mol. The summed E-state index contributed by atoms with van der Waals surface area (Å²) in [5.41, 5.74) is 5.71. The van der Waals surface area contributed by atoms with Crippen LogP contribution in [-0.2, 0) is 9.84 Å². The first-order chi connectivity index (χ1) is 8.53. The van der Waals surface area contributed by atoms with E-state index in [9.17, 15) is 8.42 Å². The monoisotopic (exact) mass is 274 g/mol. The van der Waals surface area contributed by atoms with Gasteiger partial charge >= 0.3 is 0 Å². The van der Waals surface area contributed by atoms with Crippen molar-refractivity contribution in [3.63, 3.8) is 0 Å². The summed E-state index contributed by atoms with van der Waals surface area (Å²) in [7, 11) is -2.88. The minimum Gasteiger partial charge on any atom is -0.329 e. The molecule has 2 saturated heterocycles. The Morgan fingerprint density at radius 1 is 1.33 bits per heavy atom. The summed E-state index contributed by atoms with van der Waals surface area (Å²) in [5.74, 6) is 0.587. The molecule has 2 aliphatic rings. The Bertz CT molecular complexity index is 382. The van der Waals surface area contributed by atoms with E-state index in [4.69, 9.17) is 5.73 Å². The molecule has 0 radical (unpaired) electrons. The molecule has 18 heavy (non-hydrogen) atoms. The molecule has 106 valence electrons. The summed E-state index contributed by atoms with van der Waals surface area (Å²) in [5, 5.41) is 0. The third kappa shape index (κ3) is 2.73. The van der Waals surface area contributed by atoms with Gasteiger partial charge < -0.3 is 5.73 Å². The van der Waals surface area contributed by atoms with Crippen LogP contribution in [0.3, 0.4) is 0 Å². The highest BCUT2D eigenvalue weighted by atomic mass is 32.2. The molecule has 0 aromatic carbocycles. The maximum absolute atomic E-state index is 11.8. The van der Waals surface area contributed by atoms with Crippen LogP contribution in [0, 0.1) is 0 Å². The molecule has 2 fully saturated rings. The van der Waals surface area contributed by atoms with Crippen LogP contribution in [0.25, 0.3) is 0 Å². The average molecular weight is 274 g/mol. The Balaban J connectivity index is 2.24. The van der Waals surface area contributed by atoms with Crippen LogP contribution in [0.1, 0.15) is 45.4 Å². The van der Waals surface area contributed by atoms with Crippen LogP contribution in [0.15, 0.2) is 0 Å². The van der Waals surface area contributed by atoms with Gasteiger partial charge in [-0.1, -0.05) is 19.8 Å². The van der Waals surface area contributed by atoms with Gasteiger partial charge in [0.2, 0.25) is 0 Å². The average Bonchev–Trinajstić information content (AvgIpc) is 2.55. The van der Waals surface area contributed by atoms with E-state index < -0.39 is 9.84 Å². The van der Waals surface area contributed by atoms with Crippen LogP contribution in [0.2, 0.25) is 0 Å². The molecule has 0 amide bonds. The summed E-state index contributed by atoms with van der Waals surface area (Å²) in [6.07, 6.45) is 6.73.